The van der Waals surface area contributed by atoms with E-state index >= 15 is 0 Å². The van der Waals surface area contributed by atoms with Gasteiger partial charge < -0.3 is 10.5 Å². The van der Waals surface area contributed by atoms with E-state index in [0.717, 1.165) is 31.4 Å². The van der Waals surface area contributed by atoms with Crippen molar-refractivity contribution >= 4 is 0 Å². The second-order valence-corrected chi connectivity index (χ2v) is 5.61. The van der Waals surface area contributed by atoms with E-state index in [0.29, 0.717) is 6.10 Å². The Bertz CT molecular complexity index is 162. The average molecular weight is 227 g/mol. The van der Waals surface area contributed by atoms with Crippen LogP contribution < -0.4 is 5.73 Å². The van der Waals surface area contributed by atoms with Crippen molar-refractivity contribution in [2.75, 3.05) is 13.2 Å². The lowest BCUT2D eigenvalue weighted by molar-refractivity contribution is -0.000608. The summed E-state index contributed by atoms with van der Waals surface area (Å²) in [6.45, 7) is 6.49. The van der Waals surface area contributed by atoms with Gasteiger partial charge in [-0.1, -0.05) is 26.7 Å². The van der Waals surface area contributed by atoms with E-state index in [2.05, 4.69) is 13.8 Å². The molecule has 0 aromatic carbocycles. The van der Waals surface area contributed by atoms with Gasteiger partial charge in [0.1, 0.15) is 0 Å². The van der Waals surface area contributed by atoms with Gasteiger partial charge in [-0.15, -0.1) is 0 Å². The van der Waals surface area contributed by atoms with E-state index in [1.807, 2.05) is 0 Å². The highest BCUT2D eigenvalue weighted by molar-refractivity contribution is 4.75. The number of rotatable bonds is 7. The molecule has 0 bridgehead atoms. The number of ether oxygens (including phenoxy) is 1. The van der Waals surface area contributed by atoms with Crippen LogP contribution in [0.1, 0.15) is 58.8 Å². The second-order valence-electron chi connectivity index (χ2n) is 5.61. The van der Waals surface area contributed by atoms with Gasteiger partial charge in [0, 0.05) is 6.61 Å². The van der Waals surface area contributed by atoms with Crippen LogP contribution in [0.2, 0.25) is 0 Å². The minimum atomic E-state index is 0.535. The summed E-state index contributed by atoms with van der Waals surface area (Å²) in [5.74, 6) is 1.71. The number of unbranched alkanes of at least 4 members (excludes halogenated alkanes) is 3. The molecule has 0 spiro atoms. The van der Waals surface area contributed by atoms with Gasteiger partial charge in [0.15, 0.2) is 0 Å². The molecule has 0 aromatic rings. The molecule has 1 rings (SSSR count). The van der Waals surface area contributed by atoms with E-state index in [4.69, 9.17) is 10.5 Å². The summed E-state index contributed by atoms with van der Waals surface area (Å²) in [5, 5.41) is 0. The predicted octanol–water partition coefficient (Wildman–Crippen LogP) is 3.35. The van der Waals surface area contributed by atoms with Crippen LogP contribution in [0.15, 0.2) is 0 Å². The Morgan fingerprint density at radius 1 is 0.938 bits per heavy atom. The maximum Gasteiger partial charge on any atom is 0.0580 e. The zero-order valence-corrected chi connectivity index (χ0v) is 11.1. The lowest BCUT2D eigenvalue weighted by Crippen LogP contribution is -2.26. The van der Waals surface area contributed by atoms with Crippen LogP contribution in [-0.4, -0.2) is 19.3 Å². The van der Waals surface area contributed by atoms with Crippen LogP contribution in [0.4, 0.5) is 0 Å². The molecule has 1 saturated carbocycles. The molecule has 0 aliphatic heterocycles. The summed E-state index contributed by atoms with van der Waals surface area (Å²) in [6.07, 6.45) is 9.37. The zero-order chi connectivity index (χ0) is 11.8. The smallest absolute Gasteiger partial charge is 0.0580 e. The first-order valence-electron chi connectivity index (χ1n) is 7.04. The Balaban J connectivity index is 1.99. The summed E-state index contributed by atoms with van der Waals surface area (Å²) in [4.78, 5) is 0. The van der Waals surface area contributed by atoms with E-state index in [1.54, 1.807) is 0 Å². The van der Waals surface area contributed by atoms with Crippen molar-refractivity contribution in [3.05, 3.63) is 0 Å². The van der Waals surface area contributed by atoms with Crippen LogP contribution in [0, 0.1) is 11.8 Å². The molecule has 0 aromatic heterocycles. The maximum atomic E-state index is 5.97. The first-order chi connectivity index (χ1) is 7.72. The normalized spacial score (nSPS) is 30.6. The van der Waals surface area contributed by atoms with Crippen molar-refractivity contribution < 1.29 is 4.74 Å². The van der Waals surface area contributed by atoms with Crippen molar-refractivity contribution in [1.82, 2.24) is 0 Å². The van der Waals surface area contributed by atoms with Gasteiger partial charge in [-0.05, 0) is 50.5 Å². The predicted molar refractivity (Wildman–Crippen MR) is 69.4 cm³/mol. The molecule has 0 amide bonds. The van der Waals surface area contributed by atoms with E-state index in [1.165, 1.54) is 38.5 Å². The molecular formula is C14H29NO. The van der Waals surface area contributed by atoms with Crippen LogP contribution in [0.3, 0.4) is 0 Å². The highest BCUT2D eigenvalue weighted by Crippen LogP contribution is 2.30. The highest BCUT2D eigenvalue weighted by atomic mass is 16.5. The Hall–Kier alpha value is -0.0800. The maximum absolute atomic E-state index is 5.97. The Labute approximate surface area is 101 Å². The first kappa shape index (κ1) is 14.0. The average Bonchev–Trinajstić information content (AvgIpc) is 2.22. The molecule has 2 heteroatoms. The van der Waals surface area contributed by atoms with E-state index in [-0.39, 0.29) is 0 Å². The molecule has 1 aliphatic carbocycles. The highest BCUT2D eigenvalue weighted by Gasteiger charge is 2.23. The molecule has 0 radical (unpaired) electrons. The summed E-state index contributed by atoms with van der Waals surface area (Å²) in [7, 11) is 0. The number of nitrogens with two attached hydrogens (primary N) is 1. The van der Waals surface area contributed by atoms with Gasteiger partial charge in [-0.2, -0.15) is 0 Å². The van der Waals surface area contributed by atoms with Gasteiger partial charge >= 0.3 is 0 Å². The summed E-state index contributed by atoms with van der Waals surface area (Å²) in [6, 6.07) is 0. The van der Waals surface area contributed by atoms with Crippen LogP contribution >= 0.6 is 0 Å². The third-order valence-electron chi connectivity index (χ3n) is 3.59. The lowest BCUT2D eigenvalue weighted by Gasteiger charge is -2.31. The molecule has 96 valence electrons. The zero-order valence-electron chi connectivity index (χ0n) is 11.1. The fourth-order valence-corrected chi connectivity index (χ4v) is 2.86. The van der Waals surface area contributed by atoms with Gasteiger partial charge in [0.05, 0.1) is 6.10 Å². The van der Waals surface area contributed by atoms with Crippen LogP contribution in [0.5, 0.6) is 0 Å². The third kappa shape index (κ3) is 5.86. The molecule has 2 nitrogen and oxygen atoms in total. The first-order valence-corrected chi connectivity index (χ1v) is 7.04. The fourth-order valence-electron chi connectivity index (χ4n) is 2.86. The molecule has 0 heterocycles. The van der Waals surface area contributed by atoms with Crippen molar-refractivity contribution in [3.63, 3.8) is 0 Å². The molecule has 0 saturated heterocycles. The van der Waals surface area contributed by atoms with Gasteiger partial charge in [0.2, 0.25) is 0 Å². The molecule has 2 atom stereocenters. The second kappa shape index (κ2) is 8.08. The number of hydrogen-bond acceptors (Lipinski definition) is 2. The van der Waals surface area contributed by atoms with Crippen molar-refractivity contribution in [2.45, 2.75) is 64.9 Å². The lowest BCUT2D eigenvalue weighted by atomic mass is 9.82. The Kier molecular flexibility index (Phi) is 7.06. The van der Waals surface area contributed by atoms with Crippen LogP contribution in [-0.2, 0) is 4.74 Å². The van der Waals surface area contributed by atoms with Crippen molar-refractivity contribution in [1.29, 1.82) is 0 Å². The number of hydrogen-bond donors (Lipinski definition) is 1. The summed E-state index contributed by atoms with van der Waals surface area (Å²) in [5.41, 5.74) is 5.46. The quantitative estimate of drug-likeness (QED) is 0.677. The van der Waals surface area contributed by atoms with Gasteiger partial charge in [-0.3, -0.25) is 0 Å². The Morgan fingerprint density at radius 2 is 1.56 bits per heavy atom. The largest absolute Gasteiger partial charge is 0.378 e. The Morgan fingerprint density at radius 3 is 2.19 bits per heavy atom. The summed E-state index contributed by atoms with van der Waals surface area (Å²) < 4.78 is 5.97. The third-order valence-corrected chi connectivity index (χ3v) is 3.59. The van der Waals surface area contributed by atoms with Crippen molar-refractivity contribution in [2.24, 2.45) is 17.6 Å². The molecule has 2 N–H and O–H groups in total. The fraction of sp³-hybridized carbons (Fsp3) is 1.00. The minimum absolute atomic E-state index is 0.535. The molecule has 2 unspecified atom stereocenters. The molecular weight excluding hydrogens is 198 g/mol. The van der Waals surface area contributed by atoms with E-state index < -0.39 is 0 Å². The van der Waals surface area contributed by atoms with Crippen molar-refractivity contribution in [3.8, 4) is 0 Å². The molecule has 1 aliphatic rings. The standard InChI is InChI=1S/C14H29NO/c1-12-9-13(2)11-14(10-12)16-8-6-4-3-5-7-15/h12-14H,3-11,15H2,1-2H3. The SMILES string of the molecule is CC1CC(C)CC(OCCCCCCN)C1. The topological polar surface area (TPSA) is 35.2 Å². The van der Waals surface area contributed by atoms with Crippen LogP contribution in [0.25, 0.3) is 0 Å². The monoisotopic (exact) mass is 227 g/mol. The van der Waals surface area contributed by atoms with Gasteiger partial charge in [-0.25, -0.2) is 0 Å². The summed E-state index contributed by atoms with van der Waals surface area (Å²) >= 11 is 0. The van der Waals surface area contributed by atoms with Gasteiger partial charge in [0.25, 0.3) is 0 Å². The molecule has 16 heavy (non-hydrogen) atoms. The molecule has 1 fully saturated rings. The van der Waals surface area contributed by atoms with E-state index in [9.17, 15) is 0 Å². The minimum Gasteiger partial charge on any atom is -0.378 e.